The minimum Gasteiger partial charge on any atom is -0.399 e. The SMILES string of the molecule is CCN1CC2(C1)CN(Cc1ccc(N)cc1)C2.Cl.Cl. The standard InChI is InChI=1S/C14H21N3.2ClH/c1-2-16-8-14(9-16)10-17(11-14)7-12-3-5-13(15)6-4-12;;/h3-6H,2,7-11,15H2,1H3;2*1H. The molecule has 19 heavy (non-hydrogen) atoms. The first-order chi connectivity index (χ1) is 8.19. The van der Waals surface area contributed by atoms with Crippen molar-refractivity contribution < 1.29 is 0 Å². The Hall–Kier alpha value is -0.480. The fraction of sp³-hybridized carbons (Fsp3) is 0.571. The van der Waals surface area contributed by atoms with Crippen LogP contribution in [0.4, 0.5) is 5.69 Å². The van der Waals surface area contributed by atoms with E-state index < -0.39 is 0 Å². The predicted molar refractivity (Wildman–Crippen MR) is 85.2 cm³/mol. The van der Waals surface area contributed by atoms with Crippen molar-refractivity contribution >= 4 is 30.5 Å². The largest absolute Gasteiger partial charge is 0.399 e. The molecule has 2 heterocycles. The number of benzene rings is 1. The van der Waals surface area contributed by atoms with Gasteiger partial charge in [-0.2, -0.15) is 0 Å². The molecule has 0 atom stereocenters. The Morgan fingerprint density at radius 3 is 2.05 bits per heavy atom. The fourth-order valence-electron chi connectivity index (χ4n) is 3.22. The molecule has 0 amide bonds. The van der Waals surface area contributed by atoms with Gasteiger partial charge in [0.05, 0.1) is 0 Å². The number of nitrogens with two attached hydrogens (primary N) is 1. The van der Waals surface area contributed by atoms with Gasteiger partial charge in [0, 0.05) is 43.8 Å². The molecule has 5 heteroatoms. The number of hydrogen-bond donors (Lipinski definition) is 1. The molecule has 0 radical (unpaired) electrons. The molecule has 0 unspecified atom stereocenters. The van der Waals surface area contributed by atoms with Crippen LogP contribution in [0.25, 0.3) is 0 Å². The van der Waals surface area contributed by atoms with Crippen molar-refractivity contribution in [3.8, 4) is 0 Å². The first kappa shape index (κ1) is 16.6. The molecule has 2 aliphatic heterocycles. The quantitative estimate of drug-likeness (QED) is 0.869. The summed E-state index contributed by atoms with van der Waals surface area (Å²) in [5, 5.41) is 0. The van der Waals surface area contributed by atoms with Gasteiger partial charge in [-0.15, -0.1) is 24.8 Å². The number of halogens is 2. The molecule has 2 N–H and O–H groups in total. The molecule has 0 aromatic heterocycles. The molecule has 0 bridgehead atoms. The van der Waals surface area contributed by atoms with Crippen molar-refractivity contribution in [2.24, 2.45) is 5.41 Å². The molecule has 0 aliphatic carbocycles. The summed E-state index contributed by atoms with van der Waals surface area (Å²) < 4.78 is 0. The van der Waals surface area contributed by atoms with Crippen LogP contribution >= 0.6 is 24.8 Å². The molecule has 108 valence electrons. The van der Waals surface area contributed by atoms with Gasteiger partial charge in [0.15, 0.2) is 0 Å². The lowest BCUT2D eigenvalue weighted by atomic mass is 9.73. The highest BCUT2D eigenvalue weighted by atomic mass is 35.5. The maximum Gasteiger partial charge on any atom is 0.0314 e. The van der Waals surface area contributed by atoms with E-state index in [1.54, 1.807) is 0 Å². The molecule has 2 aliphatic rings. The van der Waals surface area contributed by atoms with Crippen LogP contribution in [-0.2, 0) is 6.54 Å². The fourth-order valence-corrected chi connectivity index (χ4v) is 3.22. The minimum atomic E-state index is 0. The Labute approximate surface area is 128 Å². The highest BCUT2D eigenvalue weighted by molar-refractivity contribution is 5.85. The van der Waals surface area contributed by atoms with Crippen LogP contribution in [-0.4, -0.2) is 42.5 Å². The molecule has 1 aromatic rings. The monoisotopic (exact) mass is 303 g/mol. The topological polar surface area (TPSA) is 32.5 Å². The number of nitrogen functional groups attached to an aromatic ring is 1. The van der Waals surface area contributed by atoms with Crippen LogP contribution in [0.5, 0.6) is 0 Å². The van der Waals surface area contributed by atoms with E-state index >= 15 is 0 Å². The van der Waals surface area contributed by atoms with Gasteiger partial charge < -0.3 is 10.6 Å². The summed E-state index contributed by atoms with van der Waals surface area (Å²) in [5.41, 5.74) is 8.56. The Balaban J connectivity index is 0.000000902. The smallest absolute Gasteiger partial charge is 0.0314 e. The number of nitrogens with zero attached hydrogens (tertiary/aromatic N) is 2. The molecule has 0 saturated carbocycles. The zero-order valence-corrected chi connectivity index (χ0v) is 13.0. The van der Waals surface area contributed by atoms with Crippen molar-refractivity contribution in [3.63, 3.8) is 0 Å². The van der Waals surface area contributed by atoms with Gasteiger partial charge in [0.25, 0.3) is 0 Å². The summed E-state index contributed by atoms with van der Waals surface area (Å²) in [6, 6.07) is 8.26. The van der Waals surface area contributed by atoms with Gasteiger partial charge in [0.2, 0.25) is 0 Å². The van der Waals surface area contributed by atoms with E-state index in [9.17, 15) is 0 Å². The second kappa shape index (κ2) is 6.31. The molecular formula is C14H23Cl2N3. The Bertz CT molecular complexity index is 394. The Kier molecular flexibility index (Phi) is 5.51. The van der Waals surface area contributed by atoms with Crippen molar-refractivity contribution in [1.29, 1.82) is 0 Å². The molecule has 1 spiro atoms. The van der Waals surface area contributed by atoms with Crippen LogP contribution in [0.1, 0.15) is 12.5 Å². The first-order valence-corrected chi connectivity index (χ1v) is 6.48. The summed E-state index contributed by atoms with van der Waals surface area (Å²) >= 11 is 0. The molecular weight excluding hydrogens is 281 g/mol. The average molecular weight is 304 g/mol. The molecule has 2 saturated heterocycles. The van der Waals surface area contributed by atoms with Crippen molar-refractivity contribution in [2.45, 2.75) is 13.5 Å². The lowest BCUT2D eigenvalue weighted by molar-refractivity contribution is -0.115. The van der Waals surface area contributed by atoms with E-state index in [-0.39, 0.29) is 24.8 Å². The van der Waals surface area contributed by atoms with Gasteiger partial charge >= 0.3 is 0 Å². The van der Waals surface area contributed by atoms with Gasteiger partial charge in [-0.3, -0.25) is 4.90 Å². The van der Waals surface area contributed by atoms with E-state index in [4.69, 9.17) is 5.73 Å². The number of hydrogen-bond acceptors (Lipinski definition) is 3. The van der Waals surface area contributed by atoms with E-state index in [1.807, 2.05) is 12.1 Å². The predicted octanol–water partition coefficient (Wildman–Crippen LogP) is 2.25. The molecule has 1 aromatic carbocycles. The van der Waals surface area contributed by atoms with Gasteiger partial charge in [-0.1, -0.05) is 19.1 Å². The third-order valence-corrected chi connectivity index (χ3v) is 4.07. The van der Waals surface area contributed by atoms with Gasteiger partial charge in [-0.05, 0) is 24.2 Å². The van der Waals surface area contributed by atoms with E-state index in [2.05, 4.69) is 28.9 Å². The van der Waals surface area contributed by atoms with Crippen molar-refractivity contribution in [2.75, 3.05) is 38.5 Å². The molecule has 2 fully saturated rings. The zero-order chi connectivity index (χ0) is 11.9. The highest BCUT2D eigenvalue weighted by Crippen LogP contribution is 2.39. The second-order valence-corrected chi connectivity index (χ2v) is 5.69. The number of anilines is 1. The third-order valence-electron chi connectivity index (χ3n) is 4.07. The van der Waals surface area contributed by atoms with E-state index in [1.165, 1.54) is 38.3 Å². The van der Waals surface area contributed by atoms with Crippen molar-refractivity contribution in [3.05, 3.63) is 29.8 Å². The average Bonchev–Trinajstić information content (AvgIpc) is 2.22. The lowest BCUT2D eigenvalue weighted by Crippen LogP contribution is -2.71. The second-order valence-electron chi connectivity index (χ2n) is 5.69. The zero-order valence-electron chi connectivity index (χ0n) is 11.3. The van der Waals surface area contributed by atoms with Crippen molar-refractivity contribution in [1.82, 2.24) is 9.80 Å². The van der Waals surface area contributed by atoms with Gasteiger partial charge in [0.1, 0.15) is 0 Å². The maximum absolute atomic E-state index is 5.69. The van der Waals surface area contributed by atoms with E-state index in [0.717, 1.165) is 12.2 Å². The minimum absolute atomic E-state index is 0. The van der Waals surface area contributed by atoms with Gasteiger partial charge in [-0.25, -0.2) is 0 Å². The highest BCUT2D eigenvalue weighted by Gasteiger charge is 2.50. The summed E-state index contributed by atoms with van der Waals surface area (Å²) in [4.78, 5) is 5.07. The van der Waals surface area contributed by atoms with Crippen LogP contribution < -0.4 is 5.73 Å². The Morgan fingerprint density at radius 1 is 1.00 bits per heavy atom. The van der Waals surface area contributed by atoms with Crippen LogP contribution in [0.15, 0.2) is 24.3 Å². The summed E-state index contributed by atoms with van der Waals surface area (Å²) in [5.74, 6) is 0. The Morgan fingerprint density at radius 2 is 1.53 bits per heavy atom. The summed E-state index contributed by atoms with van der Waals surface area (Å²) in [6.07, 6.45) is 0. The van der Waals surface area contributed by atoms with Crippen LogP contribution in [0.3, 0.4) is 0 Å². The van der Waals surface area contributed by atoms with E-state index in [0.29, 0.717) is 5.41 Å². The van der Waals surface area contributed by atoms with Crippen LogP contribution in [0, 0.1) is 5.41 Å². The molecule has 3 nitrogen and oxygen atoms in total. The first-order valence-electron chi connectivity index (χ1n) is 6.48. The van der Waals surface area contributed by atoms with Crippen LogP contribution in [0.2, 0.25) is 0 Å². The number of rotatable bonds is 3. The maximum atomic E-state index is 5.69. The number of likely N-dealkylation sites (tertiary alicyclic amines) is 2. The summed E-state index contributed by atoms with van der Waals surface area (Å²) in [6.45, 7) is 9.69. The molecule has 3 rings (SSSR count). The summed E-state index contributed by atoms with van der Waals surface area (Å²) in [7, 11) is 0. The third kappa shape index (κ3) is 3.34. The normalized spacial score (nSPS) is 20.9. The lowest BCUT2D eigenvalue weighted by Gasteiger charge is -2.60.